The largest absolute Gasteiger partial charge is 0.339 e. The highest BCUT2D eigenvalue weighted by Gasteiger charge is 2.12. The van der Waals surface area contributed by atoms with Crippen LogP contribution in [0.1, 0.15) is 18.0 Å². The topological polar surface area (TPSA) is 51.8 Å². The molecule has 3 aromatic rings. The van der Waals surface area contributed by atoms with Crippen molar-refractivity contribution in [2.45, 2.75) is 12.8 Å². The zero-order valence-electron chi connectivity index (χ0n) is 12.0. The van der Waals surface area contributed by atoms with E-state index in [2.05, 4.69) is 27.0 Å². The molecular weight excluding hydrogens is 333 g/mol. The monoisotopic (exact) mass is 343 g/mol. The van der Waals surface area contributed by atoms with E-state index < -0.39 is 0 Å². The maximum atomic E-state index is 6.13. The van der Waals surface area contributed by atoms with Gasteiger partial charge in [-0.2, -0.15) is 4.98 Å². The molecule has 6 heteroatoms. The van der Waals surface area contributed by atoms with Gasteiger partial charge in [0.2, 0.25) is 11.7 Å². The van der Waals surface area contributed by atoms with Gasteiger partial charge in [-0.05, 0) is 36.3 Å². The average molecular weight is 344 g/mol. The molecule has 3 rings (SSSR count). The van der Waals surface area contributed by atoms with E-state index in [9.17, 15) is 0 Å². The van der Waals surface area contributed by atoms with E-state index in [0.717, 1.165) is 5.69 Å². The Balaban J connectivity index is 1.66. The number of halogens is 2. The first-order valence-corrected chi connectivity index (χ1v) is 7.66. The highest BCUT2D eigenvalue weighted by atomic mass is 35.5. The summed E-state index contributed by atoms with van der Waals surface area (Å²) in [5.41, 5.74) is 1.39. The third-order valence-corrected chi connectivity index (χ3v) is 3.55. The van der Waals surface area contributed by atoms with E-state index in [1.807, 2.05) is 18.2 Å². The smallest absolute Gasteiger partial charge is 0.227 e. The first-order valence-electron chi connectivity index (χ1n) is 6.90. The molecule has 0 fully saturated rings. The van der Waals surface area contributed by atoms with Gasteiger partial charge in [-0.15, -0.1) is 0 Å². The number of rotatable bonds is 3. The third-order valence-electron chi connectivity index (χ3n) is 2.98. The van der Waals surface area contributed by atoms with Crippen molar-refractivity contribution < 1.29 is 4.52 Å². The molecule has 0 atom stereocenters. The second-order valence-electron chi connectivity index (χ2n) is 4.65. The van der Waals surface area contributed by atoms with Crippen LogP contribution in [0.2, 0.25) is 10.0 Å². The minimum atomic E-state index is 0.421. The third kappa shape index (κ3) is 4.10. The van der Waals surface area contributed by atoms with Crippen molar-refractivity contribution in [2.24, 2.45) is 0 Å². The van der Waals surface area contributed by atoms with Crippen LogP contribution in [0, 0.1) is 11.8 Å². The zero-order chi connectivity index (χ0) is 16.1. The molecule has 0 aliphatic carbocycles. The Labute approximate surface area is 143 Å². The van der Waals surface area contributed by atoms with Gasteiger partial charge >= 0.3 is 0 Å². The fourth-order valence-corrected chi connectivity index (χ4v) is 2.27. The summed E-state index contributed by atoms with van der Waals surface area (Å²) in [5, 5.41) is 5.03. The molecule has 0 saturated heterocycles. The van der Waals surface area contributed by atoms with Crippen molar-refractivity contribution in [1.29, 1.82) is 0 Å². The molecule has 23 heavy (non-hydrogen) atoms. The summed E-state index contributed by atoms with van der Waals surface area (Å²) in [5.74, 6) is 6.94. The quantitative estimate of drug-likeness (QED) is 0.660. The molecule has 0 N–H and O–H groups in total. The van der Waals surface area contributed by atoms with Crippen LogP contribution < -0.4 is 0 Å². The highest BCUT2D eigenvalue weighted by Crippen LogP contribution is 2.28. The van der Waals surface area contributed by atoms with Crippen molar-refractivity contribution in [3.63, 3.8) is 0 Å². The summed E-state index contributed by atoms with van der Waals surface area (Å²) < 4.78 is 5.22. The number of nitrogens with zero attached hydrogens (tertiary/aromatic N) is 3. The molecule has 0 bridgehead atoms. The van der Waals surface area contributed by atoms with Gasteiger partial charge in [-0.1, -0.05) is 40.3 Å². The van der Waals surface area contributed by atoms with Crippen LogP contribution in [-0.2, 0) is 6.42 Å². The zero-order valence-corrected chi connectivity index (χ0v) is 13.5. The van der Waals surface area contributed by atoms with E-state index in [1.165, 1.54) is 0 Å². The molecule has 0 saturated carbocycles. The van der Waals surface area contributed by atoms with E-state index in [0.29, 0.717) is 40.2 Å². The standard InChI is InChI=1S/C17H11Cl2N3O/c18-12-8-9-15(19)14(11-12)17-21-16(23-22-17)7-2-1-5-13-6-3-4-10-20-13/h3-4,6,8-11H,2,7H2. The number of hydrogen-bond acceptors (Lipinski definition) is 4. The lowest BCUT2D eigenvalue weighted by Crippen LogP contribution is -1.86. The molecule has 0 unspecified atom stereocenters. The number of aromatic nitrogens is 3. The predicted octanol–water partition coefficient (Wildman–Crippen LogP) is 4.42. The Morgan fingerprint density at radius 3 is 2.87 bits per heavy atom. The average Bonchev–Trinajstić information content (AvgIpc) is 3.03. The molecule has 0 aliphatic rings. The first-order chi connectivity index (χ1) is 11.2. The van der Waals surface area contributed by atoms with Crippen LogP contribution in [0.25, 0.3) is 11.4 Å². The summed E-state index contributed by atoms with van der Waals surface area (Å²) in [7, 11) is 0. The van der Waals surface area contributed by atoms with Crippen molar-refractivity contribution >= 4 is 23.2 Å². The second kappa shape index (κ2) is 7.28. The van der Waals surface area contributed by atoms with Gasteiger partial charge in [-0.25, -0.2) is 4.98 Å². The molecule has 4 nitrogen and oxygen atoms in total. The minimum absolute atomic E-state index is 0.421. The van der Waals surface area contributed by atoms with Gasteiger partial charge < -0.3 is 4.52 Å². The normalized spacial score (nSPS) is 10.2. The Morgan fingerprint density at radius 2 is 2.04 bits per heavy atom. The molecule has 0 amide bonds. The van der Waals surface area contributed by atoms with Crippen molar-refractivity contribution in [3.8, 4) is 23.2 Å². The first kappa shape index (κ1) is 15.5. The Bertz CT molecular complexity index is 866. The predicted molar refractivity (Wildman–Crippen MR) is 89.2 cm³/mol. The Kier molecular flexibility index (Phi) is 4.92. The van der Waals surface area contributed by atoms with Crippen molar-refractivity contribution in [1.82, 2.24) is 15.1 Å². The van der Waals surface area contributed by atoms with E-state index in [1.54, 1.807) is 24.4 Å². The van der Waals surface area contributed by atoms with Gasteiger partial charge in [0.05, 0.1) is 5.02 Å². The number of benzene rings is 1. The molecule has 0 aliphatic heterocycles. The molecule has 0 spiro atoms. The van der Waals surface area contributed by atoms with Crippen LogP contribution in [-0.4, -0.2) is 15.1 Å². The SMILES string of the molecule is Clc1ccc(Cl)c(-c2noc(CCC#Cc3ccccn3)n2)c1. The minimum Gasteiger partial charge on any atom is -0.339 e. The molecule has 114 valence electrons. The van der Waals surface area contributed by atoms with Gasteiger partial charge in [0.25, 0.3) is 0 Å². The van der Waals surface area contributed by atoms with Crippen LogP contribution in [0.4, 0.5) is 0 Å². The summed E-state index contributed by atoms with van der Waals surface area (Å²) in [6.45, 7) is 0. The van der Waals surface area contributed by atoms with Gasteiger partial charge in [0.1, 0.15) is 5.69 Å². The van der Waals surface area contributed by atoms with Crippen LogP contribution >= 0.6 is 23.2 Å². The molecule has 2 aromatic heterocycles. The highest BCUT2D eigenvalue weighted by molar-refractivity contribution is 6.35. The van der Waals surface area contributed by atoms with Crippen LogP contribution in [0.15, 0.2) is 47.1 Å². The number of hydrogen-bond donors (Lipinski definition) is 0. The number of aryl methyl sites for hydroxylation is 1. The summed E-state index contributed by atoms with van der Waals surface area (Å²) in [6.07, 6.45) is 2.87. The van der Waals surface area contributed by atoms with Gasteiger partial charge in [0, 0.05) is 29.6 Å². The lowest BCUT2D eigenvalue weighted by molar-refractivity contribution is 0.380. The lowest BCUT2D eigenvalue weighted by Gasteiger charge is -1.98. The fraction of sp³-hybridized carbons (Fsp3) is 0.118. The van der Waals surface area contributed by atoms with E-state index >= 15 is 0 Å². The van der Waals surface area contributed by atoms with Crippen LogP contribution in [0.5, 0.6) is 0 Å². The summed E-state index contributed by atoms with van der Waals surface area (Å²) >= 11 is 12.1. The van der Waals surface area contributed by atoms with Gasteiger partial charge in [0.15, 0.2) is 0 Å². The Hall–Kier alpha value is -2.35. The molecule has 1 aromatic carbocycles. The maximum absolute atomic E-state index is 6.13. The fourth-order valence-electron chi connectivity index (χ4n) is 1.89. The second-order valence-corrected chi connectivity index (χ2v) is 5.50. The molecule has 0 radical (unpaired) electrons. The summed E-state index contributed by atoms with van der Waals surface area (Å²) in [6, 6.07) is 10.7. The number of pyridine rings is 1. The van der Waals surface area contributed by atoms with E-state index in [4.69, 9.17) is 27.7 Å². The molecular formula is C17H11Cl2N3O. The maximum Gasteiger partial charge on any atom is 0.227 e. The van der Waals surface area contributed by atoms with Crippen LogP contribution in [0.3, 0.4) is 0 Å². The molecule has 2 heterocycles. The summed E-state index contributed by atoms with van der Waals surface area (Å²) in [4.78, 5) is 8.46. The van der Waals surface area contributed by atoms with Crippen molar-refractivity contribution in [2.75, 3.05) is 0 Å². The van der Waals surface area contributed by atoms with E-state index in [-0.39, 0.29) is 0 Å². The Morgan fingerprint density at radius 1 is 1.13 bits per heavy atom. The van der Waals surface area contributed by atoms with Gasteiger partial charge in [-0.3, -0.25) is 0 Å². The lowest BCUT2D eigenvalue weighted by atomic mass is 10.2. The van der Waals surface area contributed by atoms with Crippen molar-refractivity contribution in [3.05, 3.63) is 64.2 Å².